The van der Waals surface area contributed by atoms with Crippen molar-refractivity contribution < 1.29 is 4.74 Å². The van der Waals surface area contributed by atoms with Gasteiger partial charge in [-0.1, -0.05) is 17.7 Å². The molecule has 5 heteroatoms. The van der Waals surface area contributed by atoms with Gasteiger partial charge in [0.2, 0.25) is 0 Å². The van der Waals surface area contributed by atoms with Crippen molar-refractivity contribution in [2.75, 3.05) is 12.8 Å². The number of hydrogen-bond acceptors (Lipinski definition) is 3. The Kier molecular flexibility index (Phi) is 2.51. The first-order valence-corrected chi connectivity index (χ1v) is 4.73. The second kappa shape index (κ2) is 3.82. The molecule has 0 saturated heterocycles. The molecule has 2 rings (SSSR count). The average molecular weight is 224 g/mol. The van der Waals surface area contributed by atoms with Crippen LogP contribution < -0.4 is 10.5 Å². The number of nitrogen functional groups attached to an aromatic ring is 1. The number of ether oxygens (including phenoxy) is 1. The summed E-state index contributed by atoms with van der Waals surface area (Å²) in [5.41, 5.74) is 7.13. The Bertz CT molecular complexity index is 481. The molecule has 0 radical (unpaired) electrons. The summed E-state index contributed by atoms with van der Waals surface area (Å²) in [5.74, 6) is 0.981. The molecule has 1 aromatic carbocycles. The van der Waals surface area contributed by atoms with Gasteiger partial charge in [-0.15, -0.1) is 0 Å². The molecule has 1 heterocycles. The average Bonchev–Trinajstić information content (AvgIpc) is 2.64. The molecule has 0 aliphatic heterocycles. The van der Waals surface area contributed by atoms with E-state index < -0.39 is 0 Å². The highest BCUT2D eigenvalue weighted by atomic mass is 35.5. The number of nitrogens with two attached hydrogens (primary N) is 1. The summed E-state index contributed by atoms with van der Waals surface area (Å²) in [6.07, 6.45) is 1.64. The van der Waals surface area contributed by atoms with Gasteiger partial charge >= 0.3 is 0 Å². The van der Waals surface area contributed by atoms with Crippen LogP contribution in [0, 0.1) is 0 Å². The number of H-pyrrole nitrogens is 1. The number of methoxy groups -OCH3 is 1. The number of hydrogen-bond donors (Lipinski definition) is 2. The van der Waals surface area contributed by atoms with E-state index in [1.807, 2.05) is 12.1 Å². The third-order valence-corrected chi connectivity index (χ3v) is 2.35. The van der Waals surface area contributed by atoms with Crippen LogP contribution in [0.4, 0.5) is 5.95 Å². The minimum atomic E-state index is 0.368. The Morgan fingerprint density at radius 1 is 1.47 bits per heavy atom. The number of para-hydroxylation sites is 1. The van der Waals surface area contributed by atoms with Crippen molar-refractivity contribution in [3.8, 4) is 17.0 Å². The number of rotatable bonds is 2. The lowest BCUT2D eigenvalue weighted by Crippen LogP contribution is -1.90. The van der Waals surface area contributed by atoms with Crippen molar-refractivity contribution in [1.82, 2.24) is 9.97 Å². The van der Waals surface area contributed by atoms with Gasteiger partial charge in [0.1, 0.15) is 5.75 Å². The van der Waals surface area contributed by atoms with Crippen LogP contribution in [0.15, 0.2) is 24.4 Å². The second-order valence-electron chi connectivity index (χ2n) is 3.00. The number of nitrogens with one attached hydrogen (secondary N) is 1. The quantitative estimate of drug-likeness (QED) is 0.821. The van der Waals surface area contributed by atoms with Crippen LogP contribution in [0.3, 0.4) is 0 Å². The summed E-state index contributed by atoms with van der Waals surface area (Å²) in [7, 11) is 1.57. The first kappa shape index (κ1) is 9.86. The molecule has 0 unspecified atom stereocenters. The smallest absolute Gasteiger partial charge is 0.197 e. The molecule has 1 aromatic heterocycles. The van der Waals surface area contributed by atoms with Crippen LogP contribution in [-0.2, 0) is 0 Å². The summed E-state index contributed by atoms with van der Waals surface area (Å²) in [6.45, 7) is 0. The Hall–Kier alpha value is -1.68. The lowest BCUT2D eigenvalue weighted by atomic mass is 10.1. The van der Waals surface area contributed by atoms with Gasteiger partial charge in [-0.05, 0) is 12.1 Å². The van der Waals surface area contributed by atoms with E-state index in [1.54, 1.807) is 19.4 Å². The summed E-state index contributed by atoms with van der Waals surface area (Å²) < 4.78 is 5.22. The zero-order valence-electron chi connectivity index (χ0n) is 8.12. The monoisotopic (exact) mass is 223 g/mol. The highest BCUT2D eigenvalue weighted by Crippen LogP contribution is 2.34. The van der Waals surface area contributed by atoms with Crippen molar-refractivity contribution in [3.05, 3.63) is 29.4 Å². The molecule has 0 amide bonds. The number of halogens is 1. The molecule has 0 saturated carbocycles. The summed E-state index contributed by atoms with van der Waals surface area (Å²) in [5, 5.41) is 0.558. The Morgan fingerprint density at radius 2 is 2.27 bits per heavy atom. The number of aromatic amines is 1. The Morgan fingerprint density at radius 3 is 2.87 bits per heavy atom. The van der Waals surface area contributed by atoms with Crippen molar-refractivity contribution in [3.63, 3.8) is 0 Å². The minimum absolute atomic E-state index is 0.368. The fourth-order valence-electron chi connectivity index (χ4n) is 1.40. The number of aromatic nitrogens is 2. The molecule has 4 nitrogen and oxygen atoms in total. The SMILES string of the molecule is COc1c(Cl)cccc1-c1cnc(N)[nH]1. The topological polar surface area (TPSA) is 63.9 Å². The van der Waals surface area contributed by atoms with Crippen LogP contribution in [0.1, 0.15) is 0 Å². The van der Waals surface area contributed by atoms with Crippen LogP contribution >= 0.6 is 11.6 Å². The molecule has 2 aromatic rings. The fourth-order valence-corrected chi connectivity index (χ4v) is 1.65. The minimum Gasteiger partial charge on any atom is -0.494 e. The van der Waals surface area contributed by atoms with Crippen LogP contribution in [0.25, 0.3) is 11.3 Å². The predicted octanol–water partition coefficient (Wildman–Crippen LogP) is 2.32. The van der Waals surface area contributed by atoms with Gasteiger partial charge in [0.25, 0.3) is 0 Å². The number of anilines is 1. The number of imidazole rings is 1. The first-order valence-electron chi connectivity index (χ1n) is 4.35. The predicted molar refractivity (Wildman–Crippen MR) is 60.0 cm³/mol. The molecule has 15 heavy (non-hydrogen) atoms. The van der Waals surface area contributed by atoms with Crippen molar-refractivity contribution in [1.29, 1.82) is 0 Å². The zero-order valence-corrected chi connectivity index (χ0v) is 8.88. The van der Waals surface area contributed by atoms with E-state index in [4.69, 9.17) is 22.1 Å². The fraction of sp³-hybridized carbons (Fsp3) is 0.100. The maximum Gasteiger partial charge on any atom is 0.197 e. The first-order chi connectivity index (χ1) is 7.22. The van der Waals surface area contributed by atoms with Crippen LogP contribution in [0.2, 0.25) is 5.02 Å². The Labute approximate surface area is 92.0 Å². The van der Waals surface area contributed by atoms with Gasteiger partial charge in [0.15, 0.2) is 5.95 Å². The van der Waals surface area contributed by atoms with Gasteiger partial charge in [-0.2, -0.15) is 0 Å². The molecule has 0 aliphatic carbocycles. The van der Waals surface area contributed by atoms with Gasteiger partial charge in [-0.25, -0.2) is 4.98 Å². The van der Waals surface area contributed by atoms with E-state index >= 15 is 0 Å². The molecular weight excluding hydrogens is 214 g/mol. The normalized spacial score (nSPS) is 10.3. The van der Waals surface area contributed by atoms with Gasteiger partial charge in [-0.3, -0.25) is 0 Å². The lowest BCUT2D eigenvalue weighted by molar-refractivity contribution is 0.416. The zero-order chi connectivity index (χ0) is 10.8. The highest BCUT2D eigenvalue weighted by molar-refractivity contribution is 6.32. The van der Waals surface area contributed by atoms with Crippen LogP contribution in [0.5, 0.6) is 5.75 Å². The molecule has 0 aliphatic rings. The maximum atomic E-state index is 6.00. The van der Waals surface area contributed by atoms with Crippen LogP contribution in [-0.4, -0.2) is 17.1 Å². The molecule has 0 bridgehead atoms. The number of nitrogens with zero attached hydrogens (tertiary/aromatic N) is 1. The molecule has 0 fully saturated rings. The second-order valence-corrected chi connectivity index (χ2v) is 3.41. The third-order valence-electron chi connectivity index (χ3n) is 2.06. The molecule has 78 valence electrons. The molecular formula is C10H10ClN3O. The molecule has 3 N–H and O–H groups in total. The van der Waals surface area contributed by atoms with Crippen molar-refractivity contribution >= 4 is 17.5 Å². The van der Waals surface area contributed by atoms with E-state index in [-0.39, 0.29) is 0 Å². The van der Waals surface area contributed by atoms with E-state index in [1.165, 1.54) is 0 Å². The van der Waals surface area contributed by atoms with Gasteiger partial charge in [0.05, 0.1) is 24.0 Å². The summed E-state index contributed by atoms with van der Waals surface area (Å²) in [4.78, 5) is 6.84. The lowest BCUT2D eigenvalue weighted by Gasteiger charge is -2.07. The van der Waals surface area contributed by atoms with E-state index in [9.17, 15) is 0 Å². The van der Waals surface area contributed by atoms with Gasteiger partial charge in [0, 0.05) is 5.56 Å². The van der Waals surface area contributed by atoms with E-state index in [0.29, 0.717) is 16.7 Å². The van der Waals surface area contributed by atoms with E-state index in [2.05, 4.69) is 9.97 Å². The van der Waals surface area contributed by atoms with Gasteiger partial charge < -0.3 is 15.5 Å². The molecule has 0 atom stereocenters. The standard InChI is InChI=1S/C10H10ClN3O/c1-15-9-6(3-2-4-7(9)11)8-5-13-10(12)14-8/h2-5H,1H3,(H3,12,13,14). The number of benzene rings is 1. The highest BCUT2D eigenvalue weighted by Gasteiger charge is 2.10. The third kappa shape index (κ3) is 1.76. The summed E-state index contributed by atoms with van der Waals surface area (Å²) >= 11 is 6.00. The Balaban J connectivity index is 2.57. The van der Waals surface area contributed by atoms with E-state index in [0.717, 1.165) is 11.3 Å². The molecule has 0 spiro atoms. The largest absolute Gasteiger partial charge is 0.494 e. The van der Waals surface area contributed by atoms with Crippen molar-refractivity contribution in [2.24, 2.45) is 0 Å². The maximum absolute atomic E-state index is 6.00. The van der Waals surface area contributed by atoms with Crippen molar-refractivity contribution in [2.45, 2.75) is 0 Å². The summed E-state index contributed by atoms with van der Waals surface area (Å²) in [6, 6.07) is 5.50.